The van der Waals surface area contributed by atoms with Gasteiger partial charge in [-0.2, -0.15) is 4.98 Å². The number of imidazole rings is 2. The van der Waals surface area contributed by atoms with Crippen molar-refractivity contribution in [1.29, 1.82) is 0 Å². The largest absolute Gasteiger partial charge is 0.330 e. The van der Waals surface area contributed by atoms with E-state index in [1.165, 1.54) is 36.3 Å². The van der Waals surface area contributed by atoms with Gasteiger partial charge in [0, 0.05) is 31.7 Å². The highest BCUT2D eigenvalue weighted by atomic mass is 19.3. The average Bonchev–Trinajstić information content (AvgIpc) is 3.25. The Morgan fingerprint density at radius 1 is 1.33 bits per heavy atom. The summed E-state index contributed by atoms with van der Waals surface area (Å²) < 4.78 is 47.3. The molecule has 0 amide bonds. The molecule has 0 aromatic carbocycles. The van der Waals surface area contributed by atoms with Crippen LogP contribution in [0.25, 0.3) is 16.8 Å². The zero-order chi connectivity index (χ0) is 21.0. The van der Waals surface area contributed by atoms with E-state index in [1.807, 2.05) is 0 Å². The van der Waals surface area contributed by atoms with Gasteiger partial charge in [-0.25, -0.2) is 27.9 Å². The summed E-state index contributed by atoms with van der Waals surface area (Å²) in [5.41, 5.74) is 0.284. The number of alkyl halides is 2. The van der Waals surface area contributed by atoms with E-state index in [9.17, 15) is 18.0 Å². The van der Waals surface area contributed by atoms with E-state index in [2.05, 4.69) is 25.6 Å². The van der Waals surface area contributed by atoms with Gasteiger partial charge in [-0.3, -0.25) is 9.13 Å². The van der Waals surface area contributed by atoms with E-state index in [-0.39, 0.29) is 23.7 Å². The lowest BCUT2D eigenvalue weighted by atomic mass is 10.0. The summed E-state index contributed by atoms with van der Waals surface area (Å²) in [4.78, 5) is 25.1. The molecule has 0 bridgehead atoms. The summed E-state index contributed by atoms with van der Waals surface area (Å²) in [6.45, 7) is -0.164. The van der Waals surface area contributed by atoms with Crippen LogP contribution in [-0.2, 0) is 7.05 Å². The molecule has 0 radical (unpaired) electrons. The summed E-state index contributed by atoms with van der Waals surface area (Å²) in [7, 11) is 1.48. The highest BCUT2D eigenvalue weighted by Gasteiger charge is 2.44. The molecule has 12 heteroatoms. The van der Waals surface area contributed by atoms with Crippen LogP contribution < -0.4 is 16.3 Å². The summed E-state index contributed by atoms with van der Waals surface area (Å²) in [5, 5.41) is 5.40. The van der Waals surface area contributed by atoms with Gasteiger partial charge in [-0.05, 0) is 13.0 Å². The second-order valence-electron chi connectivity index (χ2n) is 7.21. The van der Waals surface area contributed by atoms with E-state index in [4.69, 9.17) is 0 Å². The minimum atomic E-state index is -3.12. The first-order chi connectivity index (χ1) is 14.3. The molecule has 1 saturated heterocycles. The molecule has 4 aromatic heterocycles. The van der Waals surface area contributed by atoms with E-state index >= 15 is 0 Å². The van der Waals surface area contributed by atoms with Crippen molar-refractivity contribution in [2.75, 3.05) is 18.4 Å². The maximum absolute atomic E-state index is 14.5. The number of aromatic nitrogens is 6. The summed E-state index contributed by atoms with van der Waals surface area (Å²) in [6, 6.07) is -0.0914. The van der Waals surface area contributed by atoms with E-state index in [1.54, 1.807) is 10.6 Å². The van der Waals surface area contributed by atoms with Crippen molar-refractivity contribution >= 4 is 28.4 Å². The van der Waals surface area contributed by atoms with Crippen LogP contribution in [0.1, 0.15) is 12.5 Å². The standard InChI is InChI=1S/C18H17F3N8O/c1-27-12-7-24-16(25-11-8-28-5-4-23-14(28)6-10(11)19)26-15(12)29(17(27)30)13-2-3-22-9-18(13,20)21/h4-8,13,22H,2-3,9H2,1H3,(H,24,25,26)/t13-/m1/s1. The van der Waals surface area contributed by atoms with Gasteiger partial charge in [0.15, 0.2) is 11.5 Å². The lowest BCUT2D eigenvalue weighted by molar-refractivity contribution is -0.0658. The number of hydrogen-bond donors (Lipinski definition) is 2. The van der Waals surface area contributed by atoms with Crippen molar-refractivity contribution in [3.05, 3.63) is 47.2 Å². The maximum Gasteiger partial charge on any atom is 0.330 e. The van der Waals surface area contributed by atoms with Crippen molar-refractivity contribution < 1.29 is 13.2 Å². The third-order valence-electron chi connectivity index (χ3n) is 5.31. The molecule has 2 N–H and O–H groups in total. The average molecular weight is 418 g/mol. The molecule has 0 unspecified atom stereocenters. The molecular formula is C18H17F3N8O. The number of aryl methyl sites for hydroxylation is 1. The predicted molar refractivity (Wildman–Crippen MR) is 103 cm³/mol. The fourth-order valence-corrected chi connectivity index (χ4v) is 3.77. The lowest BCUT2D eigenvalue weighted by Crippen LogP contribution is -2.49. The SMILES string of the molecule is Cn1c(=O)n([C@@H]2CCNCC2(F)F)c2nc(Nc3cn4ccnc4cc3F)ncc21. The minimum absolute atomic E-state index is 0.0162. The number of piperidine rings is 1. The topological polar surface area (TPSA) is 94.1 Å². The van der Waals surface area contributed by atoms with E-state index < -0.39 is 30.0 Å². The molecule has 0 aliphatic carbocycles. The summed E-state index contributed by atoms with van der Waals surface area (Å²) in [5.74, 6) is -3.71. The number of pyridine rings is 1. The van der Waals surface area contributed by atoms with Gasteiger partial charge < -0.3 is 15.0 Å². The second-order valence-corrected chi connectivity index (χ2v) is 7.21. The third kappa shape index (κ3) is 2.83. The molecule has 9 nitrogen and oxygen atoms in total. The highest BCUT2D eigenvalue weighted by Crippen LogP contribution is 2.34. The molecule has 0 spiro atoms. The number of hydrogen-bond acceptors (Lipinski definition) is 6. The fourth-order valence-electron chi connectivity index (χ4n) is 3.77. The number of nitrogens with zero attached hydrogens (tertiary/aromatic N) is 6. The Morgan fingerprint density at radius 2 is 2.17 bits per heavy atom. The van der Waals surface area contributed by atoms with E-state index in [0.717, 1.165) is 4.57 Å². The fraction of sp³-hybridized carbons (Fsp3) is 0.333. The molecule has 1 aliphatic heterocycles. The lowest BCUT2D eigenvalue weighted by Gasteiger charge is -2.32. The van der Waals surface area contributed by atoms with Gasteiger partial charge in [-0.15, -0.1) is 0 Å². The molecule has 5 rings (SSSR count). The normalized spacial score (nSPS) is 18.9. The number of nitrogens with one attached hydrogen (secondary N) is 2. The number of anilines is 2. The van der Waals surface area contributed by atoms with Crippen LogP contribution >= 0.6 is 0 Å². The Bertz CT molecular complexity index is 1320. The van der Waals surface area contributed by atoms with E-state index in [0.29, 0.717) is 17.7 Å². The van der Waals surface area contributed by atoms with Gasteiger partial charge >= 0.3 is 5.69 Å². The second kappa shape index (κ2) is 6.55. The van der Waals surface area contributed by atoms with Crippen LogP contribution in [-0.4, -0.2) is 47.5 Å². The van der Waals surface area contributed by atoms with Crippen LogP contribution in [0.2, 0.25) is 0 Å². The van der Waals surface area contributed by atoms with Crippen LogP contribution in [0, 0.1) is 5.82 Å². The van der Waals surface area contributed by atoms with Crippen LogP contribution in [0.4, 0.5) is 24.8 Å². The van der Waals surface area contributed by atoms with Crippen molar-refractivity contribution in [3.8, 4) is 0 Å². The van der Waals surface area contributed by atoms with Crippen LogP contribution in [0.5, 0.6) is 0 Å². The Labute approximate surface area is 167 Å². The maximum atomic E-state index is 14.5. The first-order valence-electron chi connectivity index (χ1n) is 9.27. The molecule has 156 valence electrons. The van der Waals surface area contributed by atoms with Crippen molar-refractivity contribution in [1.82, 2.24) is 33.8 Å². The predicted octanol–water partition coefficient (Wildman–Crippen LogP) is 1.83. The molecule has 1 atom stereocenters. The highest BCUT2D eigenvalue weighted by molar-refractivity contribution is 5.73. The molecular weight excluding hydrogens is 401 g/mol. The molecule has 5 heterocycles. The number of fused-ring (bicyclic) bond motifs is 2. The smallest absolute Gasteiger partial charge is 0.320 e. The van der Waals surface area contributed by atoms with Gasteiger partial charge in [0.05, 0.1) is 18.4 Å². The first-order valence-corrected chi connectivity index (χ1v) is 9.27. The molecule has 1 aliphatic rings. The Kier molecular flexibility index (Phi) is 4.07. The van der Waals surface area contributed by atoms with Crippen LogP contribution in [0.15, 0.2) is 35.6 Å². The van der Waals surface area contributed by atoms with Gasteiger partial charge in [-0.1, -0.05) is 0 Å². The zero-order valence-electron chi connectivity index (χ0n) is 15.8. The molecule has 1 fully saturated rings. The minimum Gasteiger partial charge on any atom is -0.320 e. The summed E-state index contributed by atoms with van der Waals surface area (Å²) >= 11 is 0. The van der Waals surface area contributed by atoms with Gasteiger partial charge in [0.1, 0.15) is 17.2 Å². The number of rotatable bonds is 3. The summed E-state index contributed by atoms with van der Waals surface area (Å²) in [6.07, 6.45) is 6.09. The Balaban J connectivity index is 1.61. The van der Waals surface area contributed by atoms with Crippen molar-refractivity contribution in [2.45, 2.75) is 18.4 Å². The Hall–Kier alpha value is -3.41. The zero-order valence-corrected chi connectivity index (χ0v) is 15.8. The first kappa shape index (κ1) is 18.6. The monoisotopic (exact) mass is 418 g/mol. The third-order valence-corrected chi connectivity index (χ3v) is 5.31. The van der Waals surface area contributed by atoms with Crippen LogP contribution in [0.3, 0.4) is 0 Å². The molecule has 30 heavy (non-hydrogen) atoms. The molecule has 0 saturated carbocycles. The van der Waals surface area contributed by atoms with Crippen molar-refractivity contribution in [3.63, 3.8) is 0 Å². The van der Waals surface area contributed by atoms with Gasteiger partial charge in [0.25, 0.3) is 5.92 Å². The Morgan fingerprint density at radius 3 is 2.97 bits per heavy atom. The molecule has 4 aromatic rings. The van der Waals surface area contributed by atoms with Crippen molar-refractivity contribution in [2.24, 2.45) is 7.05 Å². The number of halogens is 3. The van der Waals surface area contributed by atoms with Gasteiger partial charge in [0.2, 0.25) is 5.95 Å². The quantitative estimate of drug-likeness (QED) is 0.527.